The van der Waals surface area contributed by atoms with Gasteiger partial charge in [0, 0.05) is 32.5 Å². The number of benzene rings is 2. The molecule has 3 nitrogen and oxygen atoms in total. The summed E-state index contributed by atoms with van der Waals surface area (Å²) < 4.78 is 11.4. The molecule has 0 spiro atoms. The third kappa shape index (κ3) is 2.80. The smallest absolute Gasteiger partial charge is 0.338 e. The zero-order valence-electron chi connectivity index (χ0n) is 14.0. The van der Waals surface area contributed by atoms with Gasteiger partial charge in [-0.1, -0.05) is 29.8 Å². The molecule has 0 unspecified atom stereocenters. The van der Waals surface area contributed by atoms with Crippen LogP contribution in [0.4, 0.5) is 0 Å². The van der Waals surface area contributed by atoms with Crippen molar-refractivity contribution < 1.29 is 14.3 Å². The molecule has 0 N–H and O–H groups in total. The summed E-state index contributed by atoms with van der Waals surface area (Å²) in [4.78, 5) is 12.2. The lowest BCUT2D eigenvalue weighted by Crippen LogP contribution is -2.13. The van der Waals surface area contributed by atoms with Gasteiger partial charge in [-0.25, -0.2) is 4.79 Å². The predicted octanol–water partition coefficient (Wildman–Crippen LogP) is 5.03. The number of hydrogen-bond donors (Lipinski definition) is 0. The minimum absolute atomic E-state index is 0.366. The Balaban J connectivity index is 2.34. The molecule has 0 radical (unpaired) electrons. The fourth-order valence-electron chi connectivity index (χ4n) is 3.06. The average Bonchev–Trinajstić information content (AvgIpc) is 2.54. The summed E-state index contributed by atoms with van der Waals surface area (Å²) in [6.45, 7) is 7.39. The van der Waals surface area contributed by atoms with Gasteiger partial charge in [0.1, 0.15) is 11.5 Å². The van der Waals surface area contributed by atoms with Crippen LogP contribution < -0.4 is 9.47 Å². The van der Waals surface area contributed by atoms with Crippen LogP contribution in [0, 0.1) is 0 Å². The topological polar surface area (TPSA) is 35.5 Å². The zero-order valence-corrected chi connectivity index (χ0v) is 14.8. The highest BCUT2D eigenvalue weighted by atomic mass is 35.5. The largest absolute Gasteiger partial charge is 0.496 e. The van der Waals surface area contributed by atoms with Gasteiger partial charge in [0.15, 0.2) is 0 Å². The molecule has 0 bridgehead atoms. The van der Waals surface area contributed by atoms with Crippen molar-refractivity contribution in [2.75, 3.05) is 7.11 Å². The van der Waals surface area contributed by atoms with E-state index in [1.165, 1.54) is 5.57 Å². The normalized spacial score (nSPS) is 13.2. The van der Waals surface area contributed by atoms with Crippen LogP contribution in [0.1, 0.15) is 25.0 Å². The second kappa shape index (κ2) is 6.33. The first-order valence-electron chi connectivity index (χ1n) is 7.76. The lowest BCUT2D eigenvalue weighted by Gasteiger charge is -2.23. The van der Waals surface area contributed by atoms with Gasteiger partial charge in [-0.15, -0.1) is 0 Å². The van der Waals surface area contributed by atoms with Gasteiger partial charge in [-0.05, 0) is 44.9 Å². The molecule has 0 fully saturated rings. The number of rotatable bonds is 3. The van der Waals surface area contributed by atoms with Gasteiger partial charge in [0.2, 0.25) is 0 Å². The third-order valence-corrected chi connectivity index (χ3v) is 4.48. The predicted molar refractivity (Wildman–Crippen MR) is 97.1 cm³/mol. The van der Waals surface area contributed by atoms with Gasteiger partial charge >= 0.3 is 5.97 Å². The van der Waals surface area contributed by atoms with Crippen molar-refractivity contribution in [1.29, 1.82) is 0 Å². The first-order valence-corrected chi connectivity index (χ1v) is 8.14. The molecule has 2 aromatic carbocycles. The van der Waals surface area contributed by atoms with Crippen LogP contribution >= 0.6 is 11.6 Å². The highest BCUT2D eigenvalue weighted by Gasteiger charge is 2.25. The maximum absolute atomic E-state index is 12.2. The molecule has 4 heteroatoms. The van der Waals surface area contributed by atoms with Gasteiger partial charge in [0.25, 0.3) is 0 Å². The molecule has 0 aliphatic heterocycles. The van der Waals surface area contributed by atoms with Gasteiger partial charge in [0.05, 0.1) is 7.11 Å². The van der Waals surface area contributed by atoms with E-state index in [2.05, 4.69) is 19.6 Å². The average molecular weight is 343 g/mol. The molecule has 0 atom stereocenters. The number of methoxy groups -OCH3 is 1. The van der Waals surface area contributed by atoms with E-state index in [9.17, 15) is 4.79 Å². The van der Waals surface area contributed by atoms with Gasteiger partial charge < -0.3 is 9.47 Å². The standard InChI is InChI=1S/C20H19ClO3/c1-11(2)20(22)24-19-15-8-6-13(21)10-17(15)18(23-4)14-7-5-12(3)9-16(14)19/h5-6,8,10H,1,7,9H2,2-4H3. The van der Waals surface area contributed by atoms with Crippen LogP contribution in [0.25, 0.3) is 10.8 Å². The lowest BCUT2D eigenvalue weighted by molar-refractivity contribution is -0.130. The van der Waals surface area contributed by atoms with Crippen molar-refractivity contribution in [2.45, 2.75) is 26.7 Å². The van der Waals surface area contributed by atoms with Crippen molar-refractivity contribution in [3.63, 3.8) is 0 Å². The number of hydrogen-bond acceptors (Lipinski definition) is 3. The minimum Gasteiger partial charge on any atom is -0.496 e. The Kier molecular flexibility index (Phi) is 4.37. The number of carbonyl (C=O) groups is 1. The van der Waals surface area contributed by atoms with Gasteiger partial charge in [-0.3, -0.25) is 0 Å². The number of carbonyl (C=O) groups excluding carboxylic acids is 1. The molecular formula is C20H19ClO3. The molecule has 124 valence electrons. The number of esters is 1. The summed E-state index contributed by atoms with van der Waals surface area (Å²) in [7, 11) is 1.65. The van der Waals surface area contributed by atoms with Crippen molar-refractivity contribution in [3.05, 3.63) is 58.1 Å². The lowest BCUT2D eigenvalue weighted by atomic mass is 9.87. The summed E-state index contributed by atoms with van der Waals surface area (Å²) in [6, 6.07) is 5.51. The summed E-state index contributed by atoms with van der Waals surface area (Å²) in [5, 5.41) is 2.28. The van der Waals surface area contributed by atoms with E-state index in [4.69, 9.17) is 21.1 Å². The van der Waals surface area contributed by atoms with Crippen LogP contribution in [0.2, 0.25) is 5.02 Å². The van der Waals surface area contributed by atoms with Crippen molar-refractivity contribution >= 4 is 28.3 Å². The van der Waals surface area contributed by atoms with Crippen LogP contribution in [0.5, 0.6) is 11.5 Å². The maximum atomic E-state index is 12.2. The molecule has 24 heavy (non-hydrogen) atoms. The first kappa shape index (κ1) is 16.6. The molecule has 0 amide bonds. The SMILES string of the molecule is C=C(C)C(=O)Oc1c2c(c(OC)c3cc(Cl)ccc13)CC=C(C)C2. The van der Waals surface area contributed by atoms with Gasteiger partial charge in [-0.2, -0.15) is 0 Å². The molecule has 1 aliphatic rings. The Morgan fingerprint density at radius 2 is 1.96 bits per heavy atom. The van der Waals surface area contributed by atoms with E-state index < -0.39 is 5.97 Å². The van der Waals surface area contributed by atoms with E-state index in [-0.39, 0.29) is 0 Å². The van der Waals surface area contributed by atoms with E-state index in [1.54, 1.807) is 20.1 Å². The van der Waals surface area contributed by atoms with Crippen LogP contribution in [0.15, 0.2) is 42.0 Å². The van der Waals surface area contributed by atoms with E-state index in [0.29, 0.717) is 16.3 Å². The summed E-state index contributed by atoms with van der Waals surface area (Å²) >= 11 is 6.17. The Morgan fingerprint density at radius 3 is 2.62 bits per heavy atom. The van der Waals surface area contributed by atoms with Crippen LogP contribution in [-0.2, 0) is 17.6 Å². The Morgan fingerprint density at radius 1 is 1.21 bits per heavy atom. The van der Waals surface area contributed by atoms with E-state index >= 15 is 0 Å². The molecule has 0 saturated carbocycles. The van der Waals surface area contributed by atoms with E-state index in [1.807, 2.05) is 12.1 Å². The highest BCUT2D eigenvalue weighted by Crippen LogP contribution is 2.44. The van der Waals surface area contributed by atoms with E-state index in [0.717, 1.165) is 40.5 Å². The second-order valence-corrected chi connectivity index (χ2v) is 6.55. The Hall–Kier alpha value is -2.26. The second-order valence-electron chi connectivity index (χ2n) is 6.11. The molecule has 0 saturated heterocycles. The third-order valence-electron chi connectivity index (χ3n) is 4.24. The Bertz CT molecular complexity index is 894. The maximum Gasteiger partial charge on any atom is 0.338 e. The fourth-order valence-corrected chi connectivity index (χ4v) is 3.23. The molecule has 2 aromatic rings. The molecule has 0 aromatic heterocycles. The molecule has 0 heterocycles. The number of ether oxygens (including phenoxy) is 2. The van der Waals surface area contributed by atoms with Crippen molar-refractivity contribution in [1.82, 2.24) is 0 Å². The number of fused-ring (bicyclic) bond motifs is 2. The zero-order chi connectivity index (χ0) is 17.4. The Labute approximate surface area is 146 Å². The first-order chi connectivity index (χ1) is 11.4. The monoisotopic (exact) mass is 342 g/mol. The highest BCUT2D eigenvalue weighted by molar-refractivity contribution is 6.31. The molecule has 3 rings (SSSR count). The quantitative estimate of drug-likeness (QED) is 0.340. The van der Waals surface area contributed by atoms with Crippen LogP contribution in [-0.4, -0.2) is 13.1 Å². The summed E-state index contributed by atoms with van der Waals surface area (Å²) in [5.41, 5.74) is 3.65. The molecule has 1 aliphatic carbocycles. The minimum atomic E-state index is -0.425. The number of allylic oxidation sites excluding steroid dienone is 2. The van der Waals surface area contributed by atoms with Crippen LogP contribution in [0.3, 0.4) is 0 Å². The van der Waals surface area contributed by atoms with Crippen molar-refractivity contribution in [3.8, 4) is 11.5 Å². The summed E-state index contributed by atoms with van der Waals surface area (Å²) in [5.74, 6) is 0.949. The fraction of sp³-hybridized carbons (Fsp3) is 0.250. The molecular weight excluding hydrogens is 324 g/mol. The van der Waals surface area contributed by atoms with Crippen molar-refractivity contribution in [2.24, 2.45) is 0 Å². The number of halogens is 1. The summed E-state index contributed by atoms with van der Waals surface area (Å²) in [6.07, 6.45) is 3.64.